The predicted molar refractivity (Wildman–Crippen MR) is 88.1 cm³/mol. The third kappa shape index (κ3) is 4.73. The van der Waals surface area contributed by atoms with Crippen molar-refractivity contribution in [1.29, 1.82) is 0 Å². The predicted octanol–water partition coefficient (Wildman–Crippen LogP) is 4.20. The molecular weight excluding hydrogens is 244 g/mol. The Morgan fingerprint density at radius 1 is 1.00 bits per heavy atom. The van der Waals surface area contributed by atoms with E-state index in [4.69, 9.17) is 0 Å². The van der Waals surface area contributed by atoms with Crippen molar-refractivity contribution < 1.29 is 0 Å². The molecule has 1 saturated carbocycles. The van der Waals surface area contributed by atoms with Crippen LogP contribution in [0.4, 0.5) is 0 Å². The van der Waals surface area contributed by atoms with Crippen LogP contribution in [0.25, 0.3) is 0 Å². The molecule has 1 atom stereocenters. The quantitative estimate of drug-likeness (QED) is 0.830. The zero-order chi connectivity index (χ0) is 14.6. The molecule has 0 spiro atoms. The number of hydrogen-bond donors (Lipinski definition) is 1. The second-order valence-electron chi connectivity index (χ2n) is 8.10. The molecule has 1 aliphatic carbocycles. The van der Waals surface area contributed by atoms with Gasteiger partial charge in [0.2, 0.25) is 0 Å². The summed E-state index contributed by atoms with van der Waals surface area (Å²) in [5.41, 5.74) is 0.253. The molecule has 1 heterocycles. The Labute approximate surface area is 126 Å². The number of nitrogens with one attached hydrogen (secondary N) is 1. The van der Waals surface area contributed by atoms with Crippen LogP contribution in [0.15, 0.2) is 0 Å². The monoisotopic (exact) mass is 280 g/mol. The molecular formula is C18H36N2. The Morgan fingerprint density at radius 3 is 2.30 bits per heavy atom. The van der Waals surface area contributed by atoms with Gasteiger partial charge in [0.25, 0.3) is 0 Å². The van der Waals surface area contributed by atoms with Crippen molar-refractivity contribution >= 4 is 0 Å². The lowest BCUT2D eigenvalue weighted by Crippen LogP contribution is -2.53. The molecule has 0 aromatic carbocycles. The molecule has 1 N–H and O–H groups in total. The summed E-state index contributed by atoms with van der Waals surface area (Å²) < 4.78 is 0. The van der Waals surface area contributed by atoms with Crippen molar-refractivity contribution in [2.45, 2.75) is 96.7 Å². The minimum atomic E-state index is 0.253. The van der Waals surface area contributed by atoms with E-state index in [2.05, 4.69) is 37.9 Å². The first-order valence-corrected chi connectivity index (χ1v) is 9.00. The standard InChI is InChI=1S/C18H36N2/c1-5-15-9-11-16(12-10-15)20-13-7-6-8-17(20)14-19-18(2,3)4/h15-17,19H,5-14H2,1-4H3. The highest BCUT2D eigenvalue weighted by Crippen LogP contribution is 2.32. The van der Waals surface area contributed by atoms with Gasteiger partial charge in [-0.05, 0) is 71.8 Å². The molecule has 0 bridgehead atoms. The summed E-state index contributed by atoms with van der Waals surface area (Å²) in [6, 6.07) is 1.66. The van der Waals surface area contributed by atoms with Crippen LogP contribution in [-0.2, 0) is 0 Å². The highest BCUT2D eigenvalue weighted by molar-refractivity contribution is 4.88. The van der Waals surface area contributed by atoms with Crippen LogP contribution < -0.4 is 5.32 Å². The zero-order valence-corrected chi connectivity index (χ0v) is 14.3. The van der Waals surface area contributed by atoms with Gasteiger partial charge in [-0.25, -0.2) is 0 Å². The average molecular weight is 281 g/mol. The van der Waals surface area contributed by atoms with Gasteiger partial charge in [-0.2, -0.15) is 0 Å². The minimum Gasteiger partial charge on any atom is -0.311 e. The van der Waals surface area contributed by atoms with Gasteiger partial charge in [0.15, 0.2) is 0 Å². The molecule has 2 heteroatoms. The zero-order valence-electron chi connectivity index (χ0n) is 14.3. The molecule has 0 aromatic rings. The van der Waals surface area contributed by atoms with Crippen LogP contribution in [0, 0.1) is 5.92 Å². The largest absolute Gasteiger partial charge is 0.311 e. The second-order valence-corrected chi connectivity index (χ2v) is 8.10. The topological polar surface area (TPSA) is 15.3 Å². The molecule has 118 valence electrons. The van der Waals surface area contributed by atoms with Crippen molar-refractivity contribution in [1.82, 2.24) is 10.2 Å². The van der Waals surface area contributed by atoms with Gasteiger partial charge in [0, 0.05) is 24.2 Å². The Balaban J connectivity index is 1.87. The van der Waals surface area contributed by atoms with Crippen molar-refractivity contribution in [3.8, 4) is 0 Å². The lowest BCUT2D eigenvalue weighted by atomic mass is 9.82. The lowest BCUT2D eigenvalue weighted by molar-refractivity contribution is 0.0589. The molecule has 0 radical (unpaired) electrons. The fourth-order valence-corrected chi connectivity index (χ4v) is 4.03. The molecule has 0 amide bonds. The van der Waals surface area contributed by atoms with Crippen molar-refractivity contribution in [2.24, 2.45) is 5.92 Å². The first-order chi connectivity index (χ1) is 9.49. The van der Waals surface area contributed by atoms with E-state index < -0.39 is 0 Å². The summed E-state index contributed by atoms with van der Waals surface area (Å²) >= 11 is 0. The molecule has 1 unspecified atom stereocenters. The molecule has 2 aliphatic rings. The van der Waals surface area contributed by atoms with E-state index in [0.29, 0.717) is 0 Å². The van der Waals surface area contributed by atoms with Crippen LogP contribution in [0.2, 0.25) is 0 Å². The fourth-order valence-electron chi connectivity index (χ4n) is 4.03. The lowest BCUT2D eigenvalue weighted by Gasteiger charge is -2.44. The van der Waals surface area contributed by atoms with E-state index in [1.54, 1.807) is 0 Å². The Hall–Kier alpha value is -0.0800. The van der Waals surface area contributed by atoms with Gasteiger partial charge >= 0.3 is 0 Å². The van der Waals surface area contributed by atoms with Crippen molar-refractivity contribution in [3.63, 3.8) is 0 Å². The van der Waals surface area contributed by atoms with E-state index in [1.165, 1.54) is 64.5 Å². The van der Waals surface area contributed by atoms with Crippen LogP contribution in [0.1, 0.15) is 79.1 Å². The van der Waals surface area contributed by atoms with Crippen LogP contribution >= 0.6 is 0 Å². The van der Waals surface area contributed by atoms with E-state index in [0.717, 1.165) is 18.0 Å². The van der Waals surface area contributed by atoms with Gasteiger partial charge in [0.1, 0.15) is 0 Å². The summed E-state index contributed by atoms with van der Waals surface area (Å²) in [5.74, 6) is 1.02. The highest BCUT2D eigenvalue weighted by atomic mass is 15.2. The maximum atomic E-state index is 3.74. The van der Waals surface area contributed by atoms with E-state index in [9.17, 15) is 0 Å². The van der Waals surface area contributed by atoms with Gasteiger partial charge in [-0.1, -0.05) is 19.8 Å². The molecule has 2 nitrogen and oxygen atoms in total. The van der Waals surface area contributed by atoms with Gasteiger partial charge in [-0.15, -0.1) is 0 Å². The third-order valence-electron chi connectivity index (χ3n) is 5.40. The number of nitrogens with zero attached hydrogens (tertiary/aromatic N) is 1. The second kappa shape index (κ2) is 7.26. The molecule has 1 saturated heterocycles. The maximum absolute atomic E-state index is 3.74. The van der Waals surface area contributed by atoms with Crippen LogP contribution in [0.5, 0.6) is 0 Å². The van der Waals surface area contributed by atoms with E-state index in [1.807, 2.05) is 0 Å². The van der Waals surface area contributed by atoms with E-state index in [-0.39, 0.29) is 5.54 Å². The fraction of sp³-hybridized carbons (Fsp3) is 1.00. The Morgan fingerprint density at radius 2 is 1.70 bits per heavy atom. The maximum Gasteiger partial charge on any atom is 0.0223 e. The van der Waals surface area contributed by atoms with Crippen LogP contribution in [0.3, 0.4) is 0 Å². The van der Waals surface area contributed by atoms with E-state index >= 15 is 0 Å². The van der Waals surface area contributed by atoms with Crippen molar-refractivity contribution in [2.75, 3.05) is 13.1 Å². The minimum absolute atomic E-state index is 0.253. The summed E-state index contributed by atoms with van der Waals surface area (Å²) in [6.45, 7) is 11.7. The van der Waals surface area contributed by atoms with Gasteiger partial charge < -0.3 is 5.32 Å². The number of likely N-dealkylation sites (tertiary alicyclic amines) is 1. The number of hydrogen-bond acceptors (Lipinski definition) is 2. The first-order valence-electron chi connectivity index (χ1n) is 9.00. The van der Waals surface area contributed by atoms with Crippen LogP contribution in [-0.4, -0.2) is 35.6 Å². The SMILES string of the molecule is CCC1CCC(N2CCCCC2CNC(C)(C)C)CC1. The average Bonchev–Trinajstić information content (AvgIpc) is 2.45. The first kappa shape index (κ1) is 16.3. The third-order valence-corrected chi connectivity index (χ3v) is 5.40. The summed E-state index contributed by atoms with van der Waals surface area (Å²) in [5, 5.41) is 3.74. The molecule has 20 heavy (non-hydrogen) atoms. The van der Waals surface area contributed by atoms with Gasteiger partial charge in [-0.3, -0.25) is 4.90 Å². The smallest absolute Gasteiger partial charge is 0.0223 e. The summed E-state index contributed by atoms with van der Waals surface area (Å²) in [6.07, 6.45) is 11.5. The van der Waals surface area contributed by atoms with Gasteiger partial charge in [0.05, 0.1) is 0 Å². The Bertz CT molecular complexity index is 274. The molecule has 2 rings (SSSR count). The Kier molecular flexibility index (Phi) is 5.92. The highest BCUT2D eigenvalue weighted by Gasteiger charge is 2.31. The molecule has 2 fully saturated rings. The number of rotatable bonds is 4. The molecule has 1 aliphatic heterocycles. The summed E-state index contributed by atoms with van der Waals surface area (Å²) in [7, 11) is 0. The molecule has 0 aromatic heterocycles. The number of piperidine rings is 1. The normalized spacial score (nSPS) is 33.3. The van der Waals surface area contributed by atoms with Crippen molar-refractivity contribution in [3.05, 3.63) is 0 Å². The summed E-state index contributed by atoms with van der Waals surface area (Å²) in [4.78, 5) is 2.87.